The van der Waals surface area contributed by atoms with Crippen LogP contribution in [-0.4, -0.2) is 15.1 Å². The van der Waals surface area contributed by atoms with Crippen LogP contribution in [0, 0.1) is 17.8 Å². The molecule has 4 aliphatic carbocycles. The topological polar surface area (TPSA) is 57.7 Å². The quantitative estimate of drug-likeness (QED) is 0.720. The number of aromatic nitrogens is 4. The zero-order valence-electron chi connectivity index (χ0n) is 10.9. The van der Waals surface area contributed by atoms with Crippen molar-refractivity contribution in [3.05, 3.63) is 0 Å². The van der Waals surface area contributed by atoms with Gasteiger partial charge in [-0.25, -0.2) is 0 Å². The number of hydrogen-bond acceptors (Lipinski definition) is 3. The van der Waals surface area contributed by atoms with Crippen LogP contribution in [0.5, 0.6) is 6.01 Å². The van der Waals surface area contributed by atoms with Crippen LogP contribution in [0.25, 0.3) is 0 Å². The number of hydrogen-bond donors (Lipinski definition) is 0. The van der Waals surface area contributed by atoms with Crippen LogP contribution in [0.1, 0.15) is 45.4 Å². The maximum Gasteiger partial charge on any atom is 0.266 e. The van der Waals surface area contributed by atoms with Crippen molar-refractivity contribution < 1.29 is 9.79 Å². The third-order valence-corrected chi connectivity index (χ3v) is 5.32. The first-order chi connectivity index (χ1) is 8.68. The van der Waals surface area contributed by atoms with Crippen molar-refractivity contribution in [3.63, 3.8) is 0 Å². The lowest BCUT2D eigenvalue weighted by Crippen LogP contribution is -2.53. The minimum atomic E-state index is -0.187. The van der Waals surface area contributed by atoms with Gasteiger partial charge in [0.2, 0.25) is 0 Å². The highest BCUT2D eigenvalue weighted by atomic mass is 16.3. The van der Waals surface area contributed by atoms with Gasteiger partial charge in [-0.3, -0.25) is 0 Å². The van der Waals surface area contributed by atoms with E-state index in [-0.39, 0.29) is 11.5 Å². The van der Waals surface area contributed by atoms with E-state index in [1.807, 2.05) is 6.92 Å². The molecule has 0 unspecified atom stereocenters. The van der Waals surface area contributed by atoms with Gasteiger partial charge in [0.05, 0.1) is 16.9 Å². The normalized spacial score (nSPS) is 41.5. The summed E-state index contributed by atoms with van der Waals surface area (Å²) in [5.74, 6) is 2.56. The molecule has 4 saturated carbocycles. The molecule has 5 nitrogen and oxygen atoms in total. The molecule has 1 heterocycles. The van der Waals surface area contributed by atoms with Crippen LogP contribution in [0.3, 0.4) is 0 Å². The Morgan fingerprint density at radius 1 is 1.22 bits per heavy atom. The monoisotopic (exact) mass is 248 g/mol. The lowest BCUT2D eigenvalue weighted by Gasteiger charge is -2.53. The second kappa shape index (κ2) is 3.45. The molecule has 4 aliphatic rings. The molecule has 0 N–H and O–H groups in total. The van der Waals surface area contributed by atoms with Crippen LogP contribution in [0.4, 0.5) is 0 Å². The average Bonchev–Trinajstić information content (AvgIpc) is 2.69. The molecule has 0 saturated heterocycles. The Kier molecular flexibility index (Phi) is 2.07. The summed E-state index contributed by atoms with van der Waals surface area (Å²) in [6.07, 6.45) is 7.78. The van der Waals surface area contributed by atoms with Gasteiger partial charge in [-0.2, -0.15) is 0 Å². The molecular formula is C13H20N4O. The second-order valence-corrected chi connectivity index (χ2v) is 6.62. The smallest absolute Gasteiger partial charge is 0.266 e. The molecule has 98 valence electrons. The van der Waals surface area contributed by atoms with E-state index in [0.29, 0.717) is 6.54 Å². The van der Waals surface area contributed by atoms with Gasteiger partial charge in [-0.1, -0.05) is 0 Å². The molecule has 4 fully saturated rings. The first kappa shape index (κ1) is 10.8. The first-order valence-corrected chi connectivity index (χ1v) is 7.23. The van der Waals surface area contributed by atoms with Gasteiger partial charge in [0.25, 0.3) is 6.01 Å². The van der Waals surface area contributed by atoms with E-state index in [1.165, 1.54) is 43.2 Å². The molecule has 5 rings (SSSR count). The van der Waals surface area contributed by atoms with E-state index in [1.54, 1.807) is 4.80 Å². The van der Waals surface area contributed by atoms with E-state index in [2.05, 4.69) is 10.3 Å². The summed E-state index contributed by atoms with van der Waals surface area (Å²) in [7, 11) is 0. The van der Waals surface area contributed by atoms with Gasteiger partial charge in [-0.05, 0) is 68.0 Å². The molecule has 5 heteroatoms. The molecule has 0 radical (unpaired) electrons. The maximum atomic E-state index is 11.7. The third-order valence-electron chi connectivity index (χ3n) is 5.32. The van der Waals surface area contributed by atoms with Crippen LogP contribution in [-0.2, 0) is 12.1 Å². The van der Waals surface area contributed by atoms with Gasteiger partial charge >= 0.3 is 0 Å². The highest BCUT2D eigenvalue weighted by Crippen LogP contribution is 2.58. The van der Waals surface area contributed by atoms with Crippen LogP contribution < -0.4 is 9.79 Å². The van der Waals surface area contributed by atoms with Crippen molar-refractivity contribution in [2.24, 2.45) is 17.8 Å². The summed E-state index contributed by atoms with van der Waals surface area (Å²) in [6.45, 7) is 2.56. The van der Waals surface area contributed by atoms with Crippen molar-refractivity contribution in [1.82, 2.24) is 15.1 Å². The summed E-state index contributed by atoms with van der Waals surface area (Å²) >= 11 is 0. The van der Waals surface area contributed by atoms with E-state index in [9.17, 15) is 5.11 Å². The minimum absolute atomic E-state index is 0.0777. The zero-order chi connectivity index (χ0) is 12.3. The minimum Gasteiger partial charge on any atom is -0.816 e. The first-order valence-electron chi connectivity index (χ1n) is 7.23. The van der Waals surface area contributed by atoms with E-state index in [4.69, 9.17) is 0 Å². The highest BCUT2D eigenvalue weighted by Gasteiger charge is 2.56. The van der Waals surface area contributed by atoms with Crippen molar-refractivity contribution in [1.29, 1.82) is 0 Å². The Bertz CT molecular complexity index is 446. The van der Waals surface area contributed by atoms with Gasteiger partial charge in [0.15, 0.2) is 0 Å². The molecule has 18 heavy (non-hydrogen) atoms. The molecule has 0 aliphatic heterocycles. The summed E-state index contributed by atoms with van der Waals surface area (Å²) < 4.78 is 1.48. The van der Waals surface area contributed by atoms with Crippen molar-refractivity contribution in [2.45, 2.75) is 57.5 Å². The number of tetrazole rings is 1. The molecule has 1 aromatic heterocycles. The number of nitrogens with zero attached hydrogens (tertiary/aromatic N) is 4. The SMILES string of the molecule is CC[n+]1nn(C23CC4CC(CC(C4)C2)C3)nc1[O-]. The molecule has 1 aromatic rings. The van der Waals surface area contributed by atoms with Crippen molar-refractivity contribution >= 4 is 0 Å². The molecule has 0 spiro atoms. The molecular weight excluding hydrogens is 228 g/mol. The van der Waals surface area contributed by atoms with Crippen molar-refractivity contribution in [2.75, 3.05) is 0 Å². The molecule has 4 bridgehead atoms. The van der Waals surface area contributed by atoms with Crippen LogP contribution >= 0.6 is 0 Å². The Hall–Kier alpha value is -1.13. The second-order valence-electron chi connectivity index (χ2n) is 6.62. The largest absolute Gasteiger partial charge is 0.816 e. The van der Waals surface area contributed by atoms with E-state index < -0.39 is 0 Å². The summed E-state index contributed by atoms with van der Waals surface area (Å²) in [6, 6.07) is -0.187. The Morgan fingerprint density at radius 3 is 2.22 bits per heavy atom. The van der Waals surface area contributed by atoms with Gasteiger partial charge < -0.3 is 5.11 Å². The van der Waals surface area contributed by atoms with E-state index in [0.717, 1.165) is 17.8 Å². The predicted octanol–water partition coefficient (Wildman–Crippen LogP) is 0.584. The molecule has 0 amide bonds. The number of rotatable bonds is 2. The summed E-state index contributed by atoms with van der Waals surface area (Å²) in [4.78, 5) is 1.79. The Balaban J connectivity index is 1.74. The lowest BCUT2D eigenvalue weighted by molar-refractivity contribution is -0.784. The molecule has 0 atom stereocenters. The van der Waals surface area contributed by atoms with Crippen LogP contribution in [0.2, 0.25) is 0 Å². The van der Waals surface area contributed by atoms with Gasteiger partial charge in [0, 0.05) is 0 Å². The van der Waals surface area contributed by atoms with Crippen LogP contribution in [0.15, 0.2) is 0 Å². The van der Waals surface area contributed by atoms with Crippen molar-refractivity contribution in [3.8, 4) is 6.01 Å². The fraction of sp³-hybridized carbons (Fsp3) is 0.923. The highest BCUT2D eigenvalue weighted by molar-refractivity contribution is 5.03. The maximum absolute atomic E-state index is 11.7. The Morgan fingerprint density at radius 2 is 1.78 bits per heavy atom. The predicted molar refractivity (Wildman–Crippen MR) is 61.5 cm³/mol. The Labute approximate surface area is 107 Å². The summed E-state index contributed by atoms with van der Waals surface area (Å²) in [5.41, 5.74) is 0.0777. The van der Waals surface area contributed by atoms with Gasteiger partial charge in [0.1, 0.15) is 5.54 Å². The molecule has 0 aromatic carbocycles. The number of aryl methyl sites for hydroxylation is 1. The standard InChI is InChI=1S/C13H20N4O/c1-2-16-12(18)14-17(15-16)13-6-9-3-10(7-13)5-11(4-9)8-13/h9-11H,2-8H2,1H3. The fourth-order valence-electron chi connectivity index (χ4n) is 5.00. The van der Waals surface area contributed by atoms with Gasteiger partial charge in [-0.15, -0.1) is 4.68 Å². The average molecular weight is 248 g/mol. The third kappa shape index (κ3) is 1.36. The van der Waals surface area contributed by atoms with E-state index >= 15 is 0 Å². The fourth-order valence-corrected chi connectivity index (χ4v) is 5.00. The zero-order valence-corrected chi connectivity index (χ0v) is 10.9. The lowest BCUT2D eigenvalue weighted by atomic mass is 9.53. The summed E-state index contributed by atoms with van der Waals surface area (Å²) in [5, 5.41) is 20.3.